The maximum absolute atomic E-state index is 12.5. The average Bonchev–Trinajstić information content (AvgIpc) is 3.26. The van der Waals surface area contributed by atoms with E-state index < -0.39 is 0 Å². The van der Waals surface area contributed by atoms with E-state index in [-0.39, 0.29) is 17.7 Å². The van der Waals surface area contributed by atoms with Gasteiger partial charge in [-0.25, -0.2) is 4.98 Å². The van der Waals surface area contributed by atoms with Crippen LogP contribution in [0.1, 0.15) is 29.1 Å². The fraction of sp³-hybridized carbons (Fsp3) is 0.562. The molecule has 3 heterocycles. The molecule has 124 valence electrons. The van der Waals surface area contributed by atoms with Crippen LogP contribution < -0.4 is 10.6 Å². The van der Waals surface area contributed by atoms with E-state index in [0.29, 0.717) is 6.54 Å². The monoisotopic (exact) mass is 333 g/mol. The van der Waals surface area contributed by atoms with Gasteiger partial charge < -0.3 is 10.6 Å². The zero-order chi connectivity index (χ0) is 16.2. The minimum atomic E-state index is -0.0270. The quantitative estimate of drug-likeness (QED) is 0.830. The van der Waals surface area contributed by atoms with Gasteiger partial charge in [-0.2, -0.15) is 5.10 Å². The number of hydrogen-bond acceptors (Lipinski definition) is 5. The molecule has 1 aliphatic heterocycles. The molecule has 2 aromatic heterocycles. The predicted molar refractivity (Wildman–Crippen MR) is 90.5 cm³/mol. The first kappa shape index (κ1) is 16.1. The predicted octanol–water partition coefficient (Wildman–Crippen LogP) is 1.10. The number of rotatable bonds is 6. The molecule has 1 saturated heterocycles. The second-order valence-electron chi connectivity index (χ2n) is 5.95. The van der Waals surface area contributed by atoms with E-state index in [0.717, 1.165) is 42.2 Å². The highest BCUT2D eigenvalue weighted by atomic mass is 32.1. The standard InChI is InChI=1S/C16H23N5OS/c1-3-15-20-12(10-23-15)4-5-18-16(22)14-8-17-7-13(14)11-6-19-21(2)9-11/h6,9-10,13-14,17H,3-5,7-8H2,1-2H3,(H,18,22)/t13-,14+/m1/s1. The molecule has 0 aromatic carbocycles. The lowest BCUT2D eigenvalue weighted by Gasteiger charge is -2.16. The highest BCUT2D eigenvalue weighted by Crippen LogP contribution is 2.27. The zero-order valence-electron chi connectivity index (χ0n) is 13.6. The third kappa shape index (κ3) is 3.79. The third-order valence-electron chi connectivity index (χ3n) is 4.29. The molecule has 1 fully saturated rings. The van der Waals surface area contributed by atoms with Gasteiger partial charge in [0.25, 0.3) is 0 Å². The maximum Gasteiger partial charge on any atom is 0.225 e. The van der Waals surface area contributed by atoms with Crippen LogP contribution in [0.2, 0.25) is 0 Å². The molecular formula is C16H23N5OS. The van der Waals surface area contributed by atoms with Crippen LogP contribution in [0.4, 0.5) is 0 Å². The largest absolute Gasteiger partial charge is 0.355 e. The number of nitrogens with zero attached hydrogens (tertiary/aromatic N) is 3. The van der Waals surface area contributed by atoms with Gasteiger partial charge in [-0.1, -0.05) is 6.92 Å². The number of thiazole rings is 1. The summed E-state index contributed by atoms with van der Waals surface area (Å²) < 4.78 is 1.79. The Balaban J connectivity index is 1.53. The smallest absolute Gasteiger partial charge is 0.225 e. The number of aryl methyl sites for hydroxylation is 2. The number of amides is 1. The fourth-order valence-corrected chi connectivity index (χ4v) is 3.79. The Labute approximate surface area is 140 Å². The van der Waals surface area contributed by atoms with Gasteiger partial charge >= 0.3 is 0 Å². The number of carbonyl (C=O) groups excluding carboxylic acids is 1. The maximum atomic E-state index is 12.5. The normalized spacial score (nSPS) is 20.8. The van der Waals surface area contributed by atoms with Crippen molar-refractivity contribution < 1.29 is 4.79 Å². The van der Waals surface area contributed by atoms with Gasteiger partial charge in [-0.3, -0.25) is 9.48 Å². The first-order chi connectivity index (χ1) is 11.2. The first-order valence-corrected chi connectivity index (χ1v) is 8.95. The first-order valence-electron chi connectivity index (χ1n) is 8.07. The summed E-state index contributed by atoms with van der Waals surface area (Å²) in [5.74, 6) is 0.297. The molecule has 3 rings (SSSR count). The Morgan fingerprint density at radius 3 is 3.09 bits per heavy atom. The molecule has 1 aliphatic rings. The SMILES string of the molecule is CCc1nc(CCNC(=O)[C@H]2CNC[C@@H]2c2cnn(C)c2)cs1. The van der Waals surface area contributed by atoms with Gasteiger partial charge in [0.05, 0.1) is 22.8 Å². The Bertz CT molecular complexity index is 665. The van der Waals surface area contributed by atoms with Crippen LogP contribution in [-0.4, -0.2) is 40.3 Å². The summed E-state index contributed by atoms with van der Waals surface area (Å²) in [7, 11) is 1.90. The van der Waals surface area contributed by atoms with E-state index >= 15 is 0 Å². The lowest BCUT2D eigenvalue weighted by Crippen LogP contribution is -2.35. The van der Waals surface area contributed by atoms with E-state index in [9.17, 15) is 4.79 Å². The number of hydrogen-bond donors (Lipinski definition) is 2. The number of nitrogens with one attached hydrogen (secondary N) is 2. The molecule has 0 spiro atoms. The van der Waals surface area contributed by atoms with Gasteiger partial charge in [-0.15, -0.1) is 11.3 Å². The summed E-state index contributed by atoms with van der Waals surface area (Å²) in [6, 6.07) is 0. The summed E-state index contributed by atoms with van der Waals surface area (Å²) in [5, 5.41) is 13.8. The van der Waals surface area contributed by atoms with Gasteiger partial charge in [0.1, 0.15) is 0 Å². The van der Waals surface area contributed by atoms with Crippen molar-refractivity contribution in [3.63, 3.8) is 0 Å². The Kier molecular flexibility index (Phi) is 5.07. The van der Waals surface area contributed by atoms with Gasteiger partial charge in [0.15, 0.2) is 0 Å². The third-order valence-corrected chi connectivity index (χ3v) is 5.33. The van der Waals surface area contributed by atoms with Crippen molar-refractivity contribution in [2.24, 2.45) is 13.0 Å². The van der Waals surface area contributed by atoms with Gasteiger partial charge in [-0.05, 0) is 12.0 Å². The van der Waals surface area contributed by atoms with Crippen molar-refractivity contribution in [1.82, 2.24) is 25.4 Å². The Hall–Kier alpha value is -1.73. The van der Waals surface area contributed by atoms with E-state index in [1.54, 1.807) is 16.0 Å². The average molecular weight is 333 g/mol. The zero-order valence-corrected chi connectivity index (χ0v) is 14.4. The van der Waals surface area contributed by atoms with Crippen LogP contribution in [0.15, 0.2) is 17.8 Å². The van der Waals surface area contributed by atoms with E-state index in [2.05, 4.69) is 33.0 Å². The van der Waals surface area contributed by atoms with Gasteiger partial charge in [0, 0.05) is 50.6 Å². The van der Waals surface area contributed by atoms with Crippen molar-refractivity contribution in [2.45, 2.75) is 25.7 Å². The summed E-state index contributed by atoms with van der Waals surface area (Å²) in [4.78, 5) is 17.0. The molecule has 0 saturated carbocycles. The molecule has 2 N–H and O–H groups in total. The minimum absolute atomic E-state index is 0.0270. The highest BCUT2D eigenvalue weighted by molar-refractivity contribution is 7.09. The van der Waals surface area contributed by atoms with Crippen LogP contribution in [0.3, 0.4) is 0 Å². The number of aromatic nitrogens is 3. The van der Waals surface area contributed by atoms with Crippen molar-refractivity contribution in [2.75, 3.05) is 19.6 Å². The Morgan fingerprint density at radius 2 is 2.39 bits per heavy atom. The summed E-state index contributed by atoms with van der Waals surface area (Å²) in [5.41, 5.74) is 2.20. The lowest BCUT2D eigenvalue weighted by atomic mass is 9.90. The molecule has 7 heteroatoms. The van der Waals surface area contributed by atoms with Crippen LogP contribution >= 0.6 is 11.3 Å². The Morgan fingerprint density at radius 1 is 1.52 bits per heavy atom. The lowest BCUT2D eigenvalue weighted by molar-refractivity contribution is -0.124. The molecule has 23 heavy (non-hydrogen) atoms. The summed E-state index contributed by atoms with van der Waals surface area (Å²) >= 11 is 1.69. The minimum Gasteiger partial charge on any atom is -0.355 e. The second-order valence-corrected chi connectivity index (χ2v) is 6.89. The molecule has 0 bridgehead atoms. The van der Waals surface area contributed by atoms with Crippen LogP contribution in [-0.2, 0) is 24.7 Å². The molecule has 2 atom stereocenters. The molecule has 1 amide bonds. The molecule has 0 aliphatic carbocycles. The topological polar surface area (TPSA) is 71.8 Å². The molecule has 0 radical (unpaired) electrons. The van der Waals surface area contributed by atoms with Crippen molar-refractivity contribution in [1.29, 1.82) is 0 Å². The molecule has 6 nitrogen and oxygen atoms in total. The van der Waals surface area contributed by atoms with Gasteiger partial charge in [0.2, 0.25) is 5.91 Å². The summed E-state index contributed by atoms with van der Waals surface area (Å²) in [6.07, 6.45) is 5.62. The number of carbonyl (C=O) groups is 1. The molecule has 0 unspecified atom stereocenters. The van der Waals surface area contributed by atoms with E-state index in [4.69, 9.17) is 0 Å². The van der Waals surface area contributed by atoms with Crippen LogP contribution in [0.25, 0.3) is 0 Å². The van der Waals surface area contributed by atoms with Crippen LogP contribution in [0, 0.1) is 5.92 Å². The van der Waals surface area contributed by atoms with Crippen molar-refractivity contribution >= 4 is 17.2 Å². The van der Waals surface area contributed by atoms with E-state index in [1.165, 1.54) is 0 Å². The molecule has 2 aromatic rings. The summed E-state index contributed by atoms with van der Waals surface area (Å²) in [6.45, 7) is 4.30. The van der Waals surface area contributed by atoms with Crippen molar-refractivity contribution in [3.05, 3.63) is 34.0 Å². The highest BCUT2D eigenvalue weighted by Gasteiger charge is 2.34. The second kappa shape index (κ2) is 7.23. The van der Waals surface area contributed by atoms with Crippen LogP contribution in [0.5, 0.6) is 0 Å². The van der Waals surface area contributed by atoms with Crippen molar-refractivity contribution in [3.8, 4) is 0 Å². The van der Waals surface area contributed by atoms with E-state index in [1.807, 2.05) is 19.4 Å². The fourth-order valence-electron chi connectivity index (χ4n) is 3.01. The molecular weight excluding hydrogens is 310 g/mol.